The zero-order chi connectivity index (χ0) is 19.8. The van der Waals surface area contributed by atoms with Gasteiger partial charge < -0.3 is 14.8 Å². The van der Waals surface area contributed by atoms with Crippen LogP contribution in [0, 0.1) is 0 Å². The molecule has 0 bridgehead atoms. The van der Waals surface area contributed by atoms with Crippen molar-refractivity contribution in [3.05, 3.63) is 57.0 Å². The van der Waals surface area contributed by atoms with Crippen LogP contribution >= 0.6 is 0 Å². The van der Waals surface area contributed by atoms with Crippen molar-refractivity contribution in [2.45, 2.75) is 39.0 Å². The number of pyridine rings is 2. The zero-order valence-corrected chi connectivity index (χ0v) is 16.0. The van der Waals surface area contributed by atoms with Crippen LogP contribution in [0.5, 0.6) is 5.75 Å². The van der Waals surface area contributed by atoms with E-state index in [2.05, 4.69) is 24.0 Å². The van der Waals surface area contributed by atoms with E-state index >= 15 is 0 Å². The van der Waals surface area contributed by atoms with Gasteiger partial charge in [-0.3, -0.25) is 4.79 Å². The number of aromatic carboxylic acids is 1. The van der Waals surface area contributed by atoms with Crippen LogP contribution < -0.4 is 10.3 Å². The first-order valence-corrected chi connectivity index (χ1v) is 9.52. The smallest absolute Gasteiger partial charge is 0.341 e. The number of carboxylic acid groups (broad SMARTS) is 1. The number of carboxylic acids is 1. The minimum Gasteiger partial charge on any atom is -0.494 e. The molecule has 0 fully saturated rings. The van der Waals surface area contributed by atoms with E-state index < -0.39 is 11.5 Å². The number of rotatable bonds is 5. The number of fused-ring (bicyclic) bond motifs is 5. The van der Waals surface area contributed by atoms with E-state index in [4.69, 9.17) is 9.72 Å². The molecule has 1 aliphatic carbocycles. The van der Waals surface area contributed by atoms with Crippen LogP contribution in [0.25, 0.3) is 22.2 Å². The summed E-state index contributed by atoms with van der Waals surface area (Å²) in [5.74, 6) is -0.558. The molecule has 0 amide bonds. The third-order valence-corrected chi connectivity index (χ3v) is 5.39. The van der Waals surface area contributed by atoms with Crippen LogP contribution in [0.4, 0.5) is 0 Å². The number of aryl methyl sites for hydroxylation is 3. The molecule has 2 N–H and O–H groups in total. The minimum atomic E-state index is -1.21. The average Bonchev–Trinajstić information content (AvgIpc) is 2.70. The van der Waals surface area contributed by atoms with E-state index in [1.54, 1.807) is 7.11 Å². The van der Waals surface area contributed by atoms with Crippen LogP contribution in [-0.2, 0) is 19.3 Å². The largest absolute Gasteiger partial charge is 0.494 e. The molecule has 0 saturated carbocycles. The third-order valence-electron chi connectivity index (χ3n) is 5.39. The molecular weight excluding hydrogens is 356 g/mol. The molecule has 144 valence electrons. The number of aromatic nitrogens is 2. The Bertz CT molecular complexity index is 1150. The lowest BCUT2D eigenvalue weighted by Gasteiger charge is -2.22. The first-order chi connectivity index (χ1) is 13.5. The van der Waals surface area contributed by atoms with Crippen LogP contribution in [0.2, 0.25) is 0 Å². The fraction of sp³-hybridized carbons (Fsp3) is 0.318. The lowest BCUT2D eigenvalue weighted by molar-refractivity contribution is 0.0695. The number of ether oxygens (including phenoxy) is 1. The van der Waals surface area contributed by atoms with Gasteiger partial charge in [0.1, 0.15) is 16.8 Å². The molecular formula is C22H22N2O4. The van der Waals surface area contributed by atoms with Crippen LogP contribution in [-0.4, -0.2) is 28.2 Å². The lowest BCUT2D eigenvalue weighted by atomic mass is 9.85. The molecule has 0 saturated heterocycles. The van der Waals surface area contributed by atoms with Crippen molar-refractivity contribution in [1.82, 2.24) is 9.97 Å². The van der Waals surface area contributed by atoms with Gasteiger partial charge in [-0.2, -0.15) is 0 Å². The van der Waals surface area contributed by atoms with Crippen LogP contribution in [0.1, 0.15) is 46.9 Å². The van der Waals surface area contributed by atoms with E-state index in [0.29, 0.717) is 17.9 Å². The Morgan fingerprint density at radius 2 is 2.11 bits per heavy atom. The predicted molar refractivity (Wildman–Crippen MR) is 107 cm³/mol. The Hall–Kier alpha value is -3.15. The van der Waals surface area contributed by atoms with Gasteiger partial charge in [0, 0.05) is 16.6 Å². The third kappa shape index (κ3) is 2.95. The predicted octanol–water partition coefficient (Wildman–Crippen LogP) is 3.74. The number of aromatic amines is 1. The van der Waals surface area contributed by atoms with Gasteiger partial charge in [-0.25, -0.2) is 9.78 Å². The maximum atomic E-state index is 12.2. The minimum absolute atomic E-state index is 0.225. The summed E-state index contributed by atoms with van der Waals surface area (Å²) in [5, 5.41) is 10.2. The van der Waals surface area contributed by atoms with Crippen molar-refractivity contribution < 1.29 is 14.6 Å². The summed E-state index contributed by atoms with van der Waals surface area (Å²) in [7, 11) is 1.61. The highest BCUT2D eigenvalue weighted by atomic mass is 16.5. The molecule has 4 rings (SSSR count). The lowest BCUT2D eigenvalue weighted by Crippen LogP contribution is -2.21. The molecule has 0 spiro atoms. The summed E-state index contributed by atoms with van der Waals surface area (Å²) in [6, 6.07) is 7.54. The second kappa shape index (κ2) is 7.11. The number of nitrogens with zero attached hydrogens (tertiary/aromatic N) is 1. The molecule has 0 atom stereocenters. The maximum Gasteiger partial charge on any atom is 0.341 e. The molecule has 1 aromatic carbocycles. The zero-order valence-electron chi connectivity index (χ0n) is 16.0. The Balaban J connectivity index is 1.93. The molecule has 1 aliphatic rings. The molecule has 6 heteroatoms. The molecule has 28 heavy (non-hydrogen) atoms. The Morgan fingerprint density at radius 3 is 2.82 bits per heavy atom. The van der Waals surface area contributed by atoms with Gasteiger partial charge in [-0.15, -0.1) is 0 Å². The Labute approximate surface area is 162 Å². The first kappa shape index (κ1) is 18.2. The summed E-state index contributed by atoms with van der Waals surface area (Å²) in [6.45, 7) is 2.16. The van der Waals surface area contributed by atoms with Gasteiger partial charge in [0.25, 0.3) is 5.56 Å². The van der Waals surface area contributed by atoms with Gasteiger partial charge in [-0.05, 0) is 55.0 Å². The fourth-order valence-corrected chi connectivity index (χ4v) is 3.94. The van der Waals surface area contributed by atoms with E-state index in [1.165, 1.54) is 6.07 Å². The average molecular weight is 378 g/mol. The normalized spacial score (nSPS) is 12.5. The molecule has 0 aliphatic heterocycles. The Morgan fingerprint density at radius 1 is 1.29 bits per heavy atom. The molecule has 6 nitrogen and oxygen atoms in total. The summed E-state index contributed by atoms with van der Waals surface area (Å²) in [4.78, 5) is 31.1. The fourth-order valence-electron chi connectivity index (χ4n) is 3.94. The molecule has 2 heterocycles. The van der Waals surface area contributed by atoms with E-state index in [9.17, 15) is 14.7 Å². The summed E-state index contributed by atoms with van der Waals surface area (Å²) in [6.07, 6.45) is 4.55. The van der Waals surface area contributed by atoms with Gasteiger partial charge in [0.2, 0.25) is 0 Å². The molecule has 3 aromatic rings. The van der Waals surface area contributed by atoms with Gasteiger partial charge in [0.05, 0.1) is 12.8 Å². The van der Waals surface area contributed by atoms with Gasteiger partial charge >= 0.3 is 5.97 Å². The number of hydrogen-bond acceptors (Lipinski definition) is 4. The standard InChI is InChI=1S/C22H22N2O4/c1-3-4-5-13-7-9-15-14-8-6-12-10-17(22(26)27)21(25)24-19(12)16(14)11-18(28-2)20(15)23-13/h7,9-11H,3-6,8H2,1-2H3,(H,24,25)(H,26,27). The van der Waals surface area contributed by atoms with Crippen LogP contribution in [0.15, 0.2) is 29.1 Å². The number of carbonyl (C=O) groups is 1. The van der Waals surface area contributed by atoms with E-state index in [0.717, 1.165) is 59.0 Å². The van der Waals surface area contributed by atoms with E-state index in [-0.39, 0.29) is 5.56 Å². The second-order valence-corrected chi connectivity index (χ2v) is 7.12. The molecule has 0 unspecified atom stereocenters. The topological polar surface area (TPSA) is 92.3 Å². The number of methoxy groups -OCH3 is 1. The van der Waals surface area contributed by atoms with Crippen molar-refractivity contribution >= 4 is 16.9 Å². The van der Waals surface area contributed by atoms with Crippen molar-refractivity contribution in [2.24, 2.45) is 0 Å². The summed E-state index contributed by atoms with van der Waals surface area (Å²) < 4.78 is 5.61. The Kier molecular flexibility index (Phi) is 4.63. The first-order valence-electron chi connectivity index (χ1n) is 9.52. The van der Waals surface area contributed by atoms with Gasteiger partial charge in [-0.1, -0.05) is 19.4 Å². The second-order valence-electron chi connectivity index (χ2n) is 7.12. The summed E-state index contributed by atoms with van der Waals surface area (Å²) >= 11 is 0. The maximum absolute atomic E-state index is 12.2. The van der Waals surface area contributed by atoms with Crippen molar-refractivity contribution in [3.63, 3.8) is 0 Å². The van der Waals surface area contributed by atoms with Crippen molar-refractivity contribution in [1.29, 1.82) is 0 Å². The number of unbranched alkanes of at least 4 members (excludes halogenated alkanes) is 1. The SMILES string of the molecule is CCCCc1ccc2c3c(cc(OC)c2n1)-c1[nH]c(=O)c(C(=O)O)cc1CC3. The number of H-pyrrole nitrogens is 1. The van der Waals surface area contributed by atoms with Crippen LogP contribution in [0.3, 0.4) is 0 Å². The number of benzene rings is 1. The quantitative estimate of drug-likeness (QED) is 0.706. The number of hydrogen-bond donors (Lipinski definition) is 2. The highest BCUT2D eigenvalue weighted by molar-refractivity contribution is 5.95. The van der Waals surface area contributed by atoms with E-state index in [1.807, 2.05) is 6.07 Å². The van der Waals surface area contributed by atoms with Crippen molar-refractivity contribution in [3.8, 4) is 17.0 Å². The van der Waals surface area contributed by atoms with Crippen molar-refractivity contribution in [2.75, 3.05) is 7.11 Å². The molecule has 2 aromatic heterocycles. The highest BCUT2D eigenvalue weighted by Gasteiger charge is 2.24. The monoisotopic (exact) mass is 378 g/mol. The highest BCUT2D eigenvalue weighted by Crippen LogP contribution is 2.40. The summed E-state index contributed by atoms with van der Waals surface area (Å²) in [5.41, 5.74) is 4.55. The van der Waals surface area contributed by atoms with Gasteiger partial charge in [0.15, 0.2) is 0 Å². The molecule has 0 radical (unpaired) electrons. The number of nitrogens with one attached hydrogen (secondary N) is 1.